The van der Waals surface area contributed by atoms with Crippen molar-refractivity contribution in [2.75, 3.05) is 5.32 Å². The summed E-state index contributed by atoms with van der Waals surface area (Å²) >= 11 is 0. The fourth-order valence-electron chi connectivity index (χ4n) is 1.80. The smallest absolute Gasteiger partial charge is 0.238 e. The molecular formula is C13H22N2O2S. The largest absolute Gasteiger partial charge is 0.383 e. The molecule has 0 aliphatic carbocycles. The summed E-state index contributed by atoms with van der Waals surface area (Å²) < 4.78 is 22.2. The van der Waals surface area contributed by atoms with Gasteiger partial charge in [0.25, 0.3) is 0 Å². The van der Waals surface area contributed by atoms with Crippen molar-refractivity contribution in [1.82, 2.24) is 0 Å². The van der Waals surface area contributed by atoms with Gasteiger partial charge in [-0.15, -0.1) is 0 Å². The first-order valence-corrected chi connectivity index (χ1v) is 7.87. The van der Waals surface area contributed by atoms with Gasteiger partial charge in [0, 0.05) is 11.7 Å². The highest BCUT2D eigenvalue weighted by Crippen LogP contribution is 2.15. The Hall–Kier alpha value is -1.07. The summed E-state index contributed by atoms with van der Waals surface area (Å²) in [6.07, 6.45) is 4.79. The predicted molar refractivity (Wildman–Crippen MR) is 75.0 cm³/mol. The van der Waals surface area contributed by atoms with Gasteiger partial charge in [-0.3, -0.25) is 0 Å². The minimum absolute atomic E-state index is 0.145. The number of sulfonamides is 1. The standard InChI is InChI=1S/C13H22N2O2S/c1-3-4-5-6-11(2)15-12-7-9-13(10-8-12)18(14,16)17/h7-11,15H,3-6H2,1-2H3,(H2,14,16,17). The molecule has 0 fully saturated rings. The molecule has 0 aliphatic rings. The van der Waals surface area contributed by atoms with E-state index in [4.69, 9.17) is 5.14 Å². The summed E-state index contributed by atoms with van der Waals surface area (Å²) in [6.45, 7) is 4.31. The zero-order chi connectivity index (χ0) is 13.6. The van der Waals surface area contributed by atoms with E-state index < -0.39 is 10.0 Å². The Kier molecular flexibility index (Phi) is 5.62. The van der Waals surface area contributed by atoms with Crippen LogP contribution < -0.4 is 10.5 Å². The second-order valence-corrected chi connectivity index (χ2v) is 6.17. The molecule has 0 aromatic heterocycles. The molecule has 0 amide bonds. The molecule has 0 spiro atoms. The van der Waals surface area contributed by atoms with Gasteiger partial charge >= 0.3 is 0 Å². The summed E-state index contributed by atoms with van der Waals surface area (Å²) in [5.41, 5.74) is 0.923. The van der Waals surface area contributed by atoms with Crippen LogP contribution in [-0.4, -0.2) is 14.5 Å². The Bertz CT molecular complexity index is 454. The van der Waals surface area contributed by atoms with Crippen molar-refractivity contribution < 1.29 is 8.42 Å². The molecule has 0 aliphatic heterocycles. The molecule has 1 rings (SSSR count). The van der Waals surface area contributed by atoms with Crippen molar-refractivity contribution >= 4 is 15.7 Å². The van der Waals surface area contributed by atoms with Crippen LogP contribution >= 0.6 is 0 Å². The van der Waals surface area contributed by atoms with Gasteiger partial charge in [0.05, 0.1) is 4.90 Å². The zero-order valence-corrected chi connectivity index (χ0v) is 11.8. The summed E-state index contributed by atoms with van der Waals surface area (Å²) in [7, 11) is -3.59. The van der Waals surface area contributed by atoms with Crippen molar-refractivity contribution in [2.24, 2.45) is 5.14 Å². The van der Waals surface area contributed by atoms with E-state index in [9.17, 15) is 8.42 Å². The molecule has 0 saturated carbocycles. The molecule has 4 nitrogen and oxygen atoms in total. The van der Waals surface area contributed by atoms with Crippen molar-refractivity contribution in [1.29, 1.82) is 0 Å². The van der Waals surface area contributed by atoms with Crippen molar-refractivity contribution in [2.45, 2.75) is 50.5 Å². The van der Waals surface area contributed by atoms with Crippen LogP contribution in [0.3, 0.4) is 0 Å². The van der Waals surface area contributed by atoms with Crippen LogP contribution in [0.15, 0.2) is 29.2 Å². The van der Waals surface area contributed by atoms with Crippen LogP contribution in [0.25, 0.3) is 0 Å². The van der Waals surface area contributed by atoms with E-state index in [0.29, 0.717) is 6.04 Å². The Labute approximate surface area is 110 Å². The monoisotopic (exact) mass is 270 g/mol. The van der Waals surface area contributed by atoms with Crippen LogP contribution in [0.4, 0.5) is 5.69 Å². The molecule has 3 N–H and O–H groups in total. The lowest BCUT2D eigenvalue weighted by Crippen LogP contribution is -2.15. The fraction of sp³-hybridized carbons (Fsp3) is 0.538. The number of primary sulfonamides is 1. The van der Waals surface area contributed by atoms with Crippen LogP contribution in [0.1, 0.15) is 39.5 Å². The minimum Gasteiger partial charge on any atom is -0.383 e. The number of nitrogens with one attached hydrogen (secondary N) is 1. The fourth-order valence-corrected chi connectivity index (χ4v) is 2.31. The average Bonchev–Trinajstić information content (AvgIpc) is 2.29. The van der Waals surface area contributed by atoms with E-state index in [1.165, 1.54) is 31.4 Å². The first-order valence-electron chi connectivity index (χ1n) is 6.33. The Balaban J connectivity index is 2.53. The van der Waals surface area contributed by atoms with Crippen LogP contribution in [0.5, 0.6) is 0 Å². The summed E-state index contributed by atoms with van der Waals surface area (Å²) in [4.78, 5) is 0.145. The maximum atomic E-state index is 11.1. The highest BCUT2D eigenvalue weighted by molar-refractivity contribution is 7.89. The molecular weight excluding hydrogens is 248 g/mol. The lowest BCUT2D eigenvalue weighted by atomic mass is 10.1. The third kappa shape index (κ3) is 5.06. The molecule has 102 valence electrons. The van der Waals surface area contributed by atoms with Gasteiger partial charge in [-0.05, 0) is 37.6 Å². The number of nitrogens with two attached hydrogens (primary N) is 1. The quantitative estimate of drug-likeness (QED) is 0.748. The van der Waals surface area contributed by atoms with Gasteiger partial charge < -0.3 is 5.32 Å². The van der Waals surface area contributed by atoms with E-state index >= 15 is 0 Å². The topological polar surface area (TPSA) is 72.2 Å². The summed E-state index contributed by atoms with van der Waals surface area (Å²) in [5, 5.41) is 8.38. The third-order valence-corrected chi connectivity index (χ3v) is 3.77. The summed E-state index contributed by atoms with van der Waals surface area (Å²) in [5.74, 6) is 0. The third-order valence-electron chi connectivity index (χ3n) is 2.84. The second kappa shape index (κ2) is 6.75. The number of anilines is 1. The highest BCUT2D eigenvalue weighted by Gasteiger charge is 2.07. The van der Waals surface area contributed by atoms with Crippen LogP contribution in [-0.2, 0) is 10.0 Å². The number of benzene rings is 1. The van der Waals surface area contributed by atoms with Crippen LogP contribution in [0, 0.1) is 0 Å². The van der Waals surface area contributed by atoms with Crippen molar-refractivity contribution in [3.8, 4) is 0 Å². The molecule has 0 radical (unpaired) electrons. The van der Waals surface area contributed by atoms with E-state index in [2.05, 4.69) is 19.2 Å². The normalized spacial score (nSPS) is 13.3. The number of unbranched alkanes of at least 4 members (excludes halogenated alkanes) is 2. The predicted octanol–water partition coefficient (Wildman–Crippen LogP) is 2.71. The molecule has 18 heavy (non-hydrogen) atoms. The average molecular weight is 270 g/mol. The van der Waals surface area contributed by atoms with Gasteiger partial charge in [-0.2, -0.15) is 0 Å². The van der Waals surface area contributed by atoms with E-state index in [1.54, 1.807) is 12.1 Å². The Morgan fingerprint density at radius 1 is 1.22 bits per heavy atom. The lowest BCUT2D eigenvalue weighted by Gasteiger charge is -2.15. The maximum absolute atomic E-state index is 11.1. The van der Waals surface area contributed by atoms with Gasteiger partial charge in [-0.25, -0.2) is 13.6 Å². The molecule has 0 saturated heterocycles. The number of rotatable bonds is 7. The zero-order valence-electron chi connectivity index (χ0n) is 11.0. The van der Waals surface area contributed by atoms with Crippen molar-refractivity contribution in [3.63, 3.8) is 0 Å². The Morgan fingerprint density at radius 3 is 2.33 bits per heavy atom. The SMILES string of the molecule is CCCCCC(C)Nc1ccc(S(N)(=O)=O)cc1. The van der Waals surface area contributed by atoms with E-state index in [-0.39, 0.29) is 4.90 Å². The van der Waals surface area contributed by atoms with E-state index in [1.807, 2.05) is 0 Å². The van der Waals surface area contributed by atoms with Gasteiger partial charge in [0.1, 0.15) is 0 Å². The maximum Gasteiger partial charge on any atom is 0.238 e. The Morgan fingerprint density at radius 2 is 1.83 bits per heavy atom. The second-order valence-electron chi connectivity index (χ2n) is 4.61. The first-order chi connectivity index (χ1) is 8.43. The van der Waals surface area contributed by atoms with Crippen molar-refractivity contribution in [3.05, 3.63) is 24.3 Å². The lowest BCUT2D eigenvalue weighted by molar-refractivity contribution is 0.598. The molecule has 0 bridgehead atoms. The van der Waals surface area contributed by atoms with Gasteiger partial charge in [0.2, 0.25) is 10.0 Å². The molecule has 5 heteroatoms. The van der Waals surface area contributed by atoms with Crippen LogP contribution in [0.2, 0.25) is 0 Å². The minimum atomic E-state index is -3.59. The molecule has 1 aromatic carbocycles. The molecule has 1 aromatic rings. The molecule has 1 atom stereocenters. The molecule has 1 unspecified atom stereocenters. The van der Waals surface area contributed by atoms with Gasteiger partial charge in [0.15, 0.2) is 0 Å². The summed E-state index contributed by atoms with van der Waals surface area (Å²) in [6, 6.07) is 6.93. The molecule has 0 heterocycles. The number of hydrogen-bond acceptors (Lipinski definition) is 3. The van der Waals surface area contributed by atoms with Gasteiger partial charge in [-0.1, -0.05) is 26.2 Å². The first kappa shape index (κ1) is 15.0. The van der Waals surface area contributed by atoms with E-state index in [0.717, 1.165) is 12.1 Å². The highest BCUT2D eigenvalue weighted by atomic mass is 32.2. The number of hydrogen-bond donors (Lipinski definition) is 2.